The Bertz CT molecular complexity index is 459. The summed E-state index contributed by atoms with van der Waals surface area (Å²) in [5.74, 6) is -0.576. The van der Waals surface area contributed by atoms with E-state index >= 15 is 0 Å². The first-order valence-corrected chi connectivity index (χ1v) is 6.93. The van der Waals surface area contributed by atoms with Crippen molar-refractivity contribution < 1.29 is 8.78 Å². The molecule has 0 bridgehead atoms. The molecule has 0 atom stereocenters. The molecule has 1 aliphatic rings. The molecule has 2 rings (SSSR count). The smallest absolute Gasteiger partial charge is 0.150 e. The number of rotatable bonds is 3. The number of benzene rings is 1. The minimum absolute atomic E-state index is 0.00385. The van der Waals surface area contributed by atoms with Crippen LogP contribution >= 0.6 is 12.2 Å². The standard InChI is InChI=1S/C14H18F2N2S/c1-8-2-4-10(5-3-8)18-13-11(15)6-9(14(17)19)7-12(13)16/h6-8,10,18H,2-5H2,1H3,(H2,17,19). The lowest BCUT2D eigenvalue weighted by molar-refractivity contribution is 0.359. The summed E-state index contributed by atoms with van der Waals surface area (Å²) in [4.78, 5) is -0.00385. The molecule has 1 saturated carbocycles. The van der Waals surface area contributed by atoms with Gasteiger partial charge in [0, 0.05) is 11.6 Å². The molecule has 0 amide bonds. The van der Waals surface area contributed by atoms with E-state index in [1.165, 1.54) is 12.1 Å². The number of hydrogen-bond acceptors (Lipinski definition) is 2. The zero-order valence-corrected chi connectivity index (χ0v) is 11.7. The zero-order valence-electron chi connectivity index (χ0n) is 10.9. The van der Waals surface area contributed by atoms with E-state index in [0.29, 0.717) is 5.92 Å². The second-order valence-electron chi connectivity index (χ2n) is 5.28. The molecule has 1 fully saturated rings. The fourth-order valence-electron chi connectivity index (χ4n) is 2.46. The van der Waals surface area contributed by atoms with E-state index < -0.39 is 11.6 Å². The van der Waals surface area contributed by atoms with Crippen LogP contribution in [0.3, 0.4) is 0 Å². The topological polar surface area (TPSA) is 38.0 Å². The van der Waals surface area contributed by atoms with Gasteiger partial charge in [-0.2, -0.15) is 0 Å². The zero-order chi connectivity index (χ0) is 14.0. The summed E-state index contributed by atoms with van der Waals surface area (Å²) in [6.07, 6.45) is 4.06. The highest BCUT2D eigenvalue weighted by Gasteiger charge is 2.21. The van der Waals surface area contributed by atoms with Crippen LogP contribution in [0.5, 0.6) is 0 Å². The van der Waals surface area contributed by atoms with Crippen molar-refractivity contribution in [2.45, 2.75) is 38.6 Å². The first-order chi connectivity index (χ1) is 8.97. The molecule has 5 heteroatoms. The third kappa shape index (κ3) is 3.41. The van der Waals surface area contributed by atoms with Gasteiger partial charge in [-0.05, 0) is 43.7 Å². The molecule has 0 aromatic heterocycles. The van der Waals surface area contributed by atoms with Gasteiger partial charge in [0.25, 0.3) is 0 Å². The SMILES string of the molecule is CC1CCC(Nc2c(F)cc(C(N)=S)cc2F)CC1. The molecule has 1 aliphatic carbocycles. The molecule has 0 aliphatic heterocycles. The van der Waals surface area contributed by atoms with Crippen LogP contribution in [0.25, 0.3) is 0 Å². The number of anilines is 1. The van der Waals surface area contributed by atoms with Crippen molar-refractivity contribution in [1.29, 1.82) is 0 Å². The minimum atomic E-state index is -0.638. The summed E-state index contributed by atoms with van der Waals surface area (Å²) in [6.45, 7) is 2.20. The third-order valence-electron chi connectivity index (χ3n) is 3.69. The molecule has 104 valence electrons. The van der Waals surface area contributed by atoms with Gasteiger partial charge < -0.3 is 11.1 Å². The van der Waals surface area contributed by atoms with Crippen LogP contribution in [0.4, 0.5) is 14.5 Å². The monoisotopic (exact) mass is 284 g/mol. The average molecular weight is 284 g/mol. The molecule has 2 nitrogen and oxygen atoms in total. The summed E-state index contributed by atoms with van der Waals surface area (Å²) in [5.41, 5.74) is 5.52. The molecule has 0 saturated heterocycles. The van der Waals surface area contributed by atoms with Gasteiger partial charge in [-0.1, -0.05) is 19.1 Å². The van der Waals surface area contributed by atoms with Gasteiger partial charge in [0.1, 0.15) is 22.3 Å². The van der Waals surface area contributed by atoms with Gasteiger partial charge in [0.05, 0.1) is 0 Å². The molecule has 3 N–H and O–H groups in total. The van der Waals surface area contributed by atoms with E-state index in [4.69, 9.17) is 18.0 Å². The summed E-state index contributed by atoms with van der Waals surface area (Å²) in [6, 6.07) is 2.49. The molecular formula is C14H18F2N2S. The Balaban J connectivity index is 2.14. The highest BCUT2D eigenvalue weighted by molar-refractivity contribution is 7.80. The van der Waals surface area contributed by atoms with Gasteiger partial charge in [-0.3, -0.25) is 0 Å². The van der Waals surface area contributed by atoms with Crippen LogP contribution in [0, 0.1) is 17.6 Å². The van der Waals surface area contributed by atoms with Gasteiger partial charge in [-0.15, -0.1) is 0 Å². The maximum atomic E-state index is 13.9. The van der Waals surface area contributed by atoms with Gasteiger partial charge in [-0.25, -0.2) is 8.78 Å². The van der Waals surface area contributed by atoms with E-state index in [1.54, 1.807) is 0 Å². The predicted octanol–water partition coefficient (Wildman–Crippen LogP) is 3.59. The van der Waals surface area contributed by atoms with Crippen LogP contribution in [0.2, 0.25) is 0 Å². The summed E-state index contributed by atoms with van der Waals surface area (Å²) in [7, 11) is 0. The quantitative estimate of drug-likeness (QED) is 0.833. The van der Waals surface area contributed by atoms with Crippen LogP contribution < -0.4 is 11.1 Å². The molecule has 0 radical (unpaired) electrons. The number of halogens is 2. The van der Waals surface area contributed by atoms with Crippen LogP contribution in [0.1, 0.15) is 38.2 Å². The Kier molecular flexibility index (Phi) is 4.34. The molecule has 19 heavy (non-hydrogen) atoms. The van der Waals surface area contributed by atoms with E-state index in [-0.39, 0.29) is 22.3 Å². The third-order valence-corrected chi connectivity index (χ3v) is 3.93. The van der Waals surface area contributed by atoms with E-state index in [2.05, 4.69) is 12.2 Å². The van der Waals surface area contributed by atoms with Crippen molar-refractivity contribution in [2.24, 2.45) is 11.7 Å². The maximum absolute atomic E-state index is 13.9. The van der Waals surface area contributed by atoms with Crippen molar-refractivity contribution in [3.05, 3.63) is 29.3 Å². The lowest BCUT2D eigenvalue weighted by atomic mass is 9.87. The highest BCUT2D eigenvalue weighted by Crippen LogP contribution is 2.28. The lowest BCUT2D eigenvalue weighted by Crippen LogP contribution is -2.26. The normalized spacial score (nSPS) is 23.1. The summed E-state index contributed by atoms with van der Waals surface area (Å²) < 4.78 is 27.8. The Morgan fingerprint density at radius 1 is 1.21 bits per heavy atom. The van der Waals surface area contributed by atoms with Crippen molar-refractivity contribution in [3.63, 3.8) is 0 Å². The van der Waals surface area contributed by atoms with Crippen LogP contribution in [0.15, 0.2) is 12.1 Å². The first-order valence-electron chi connectivity index (χ1n) is 6.52. The molecule has 0 heterocycles. The Morgan fingerprint density at radius 2 is 1.74 bits per heavy atom. The van der Waals surface area contributed by atoms with Crippen LogP contribution in [-0.2, 0) is 0 Å². The van der Waals surface area contributed by atoms with E-state index in [0.717, 1.165) is 25.7 Å². The van der Waals surface area contributed by atoms with Crippen LogP contribution in [-0.4, -0.2) is 11.0 Å². The molecule has 1 aromatic carbocycles. The second kappa shape index (κ2) is 5.82. The fraction of sp³-hybridized carbons (Fsp3) is 0.500. The van der Waals surface area contributed by atoms with Gasteiger partial charge in [0.2, 0.25) is 0 Å². The van der Waals surface area contributed by atoms with Gasteiger partial charge >= 0.3 is 0 Å². The van der Waals surface area contributed by atoms with Crippen molar-refractivity contribution >= 4 is 22.9 Å². The number of nitrogens with two attached hydrogens (primary N) is 1. The number of thiocarbonyl (C=S) groups is 1. The lowest BCUT2D eigenvalue weighted by Gasteiger charge is -2.28. The summed E-state index contributed by atoms with van der Waals surface area (Å²) in [5, 5.41) is 2.97. The highest BCUT2D eigenvalue weighted by atomic mass is 32.1. The Morgan fingerprint density at radius 3 is 2.21 bits per heavy atom. The molecule has 0 unspecified atom stereocenters. The Hall–Kier alpha value is -1.23. The van der Waals surface area contributed by atoms with E-state index in [1.807, 2.05) is 0 Å². The average Bonchev–Trinajstić information content (AvgIpc) is 2.35. The van der Waals surface area contributed by atoms with Crippen molar-refractivity contribution in [1.82, 2.24) is 0 Å². The number of nitrogens with one attached hydrogen (secondary N) is 1. The summed E-state index contributed by atoms with van der Waals surface area (Å²) >= 11 is 4.72. The minimum Gasteiger partial charge on any atom is -0.389 e. The first kappa shape index (κ1) is 14.2. The molecule has 0 spiro atoms. The maximum Gasteiger partial charge on any atom is 0.150 e. The van der Waals surface area contributed by atoms with E-state index in [9.17, 15) is 8.78 Å². The fourth-order valence-corrected chi connectivity index (χ4v) is 2.58. The number of hydrogen-bond donors (Lipinski definition) is 2. The van der Waals surface area contributed by atoms with Crippen molar-refractivity contribution in [3.8, 4) is 0 Å². The Labute approximate surface area is 117 Å². The molecule has 1 aromatic rings. The second-order valence-corrected chi connectivity index (χ2v) is 5.72. The van der Waals surface area contributed by atoms with Gasteiger partial charge in [0.15, 0.2) is 0 Å². The largest absolute Gasteiger partial charge is 0.389 e. The predicted molar refractivity (Wildman–Crippen MR) is 77.3 cm³/mol. The molecular weight excluding hydrogens is 266 g/mol. The van der Waals surface area contributed by atoms with Crippen molar-refractivity contribution in [2.75, 3.05) is 5.32 Å².